The molecule has 0 saturated carbocycles. The Morgan fingerprint density at radius 1 is 1.28 bits per heavy atom. The first-order chi connectivity index (χ1) is 8.20. The average Bonchev–Trinajstić information content (AvgIpc) is 2.72. The van der Waals surface area contributed by atoms with Crippen LogP contribution in [-0.4, -0.2) is 24.9 Å². The predicted octanol–water partition coefficient (Wildman–Crippen LogP) is 3.20. The van der Waals surface area contributed by atoms with Crippen LogP contribution in [0.2, 0.25) is 10.0 Å². The lowest BCUT2D eigenvalue weighted by Crippen LogP contribution is -2.20. The van der Waals surface area contributed by atoms with Gasteiger partial charge in [0.25, 0.3) is 0 Å². The van der Waals surface area contributed by atoms with Crippen LogP contribution in [0.5, 0.6) is 0 Å². The van der Waals surface area contributed by atoms with E-state index < -0.39 is 0 Å². The van der Waals surface area contributed by atoms with E-state index in [-0.39, 0.29) is 12.4 Å². The summed E-state index contributed by atoms with van der Waals surface area (Å²) >= 11 is 12.1. The third kappa shape index (κ3) is 3.51. The van der Waals surface area contributed by atoms with Gasteiger partial charge in [-0.25, -0.2) is 4.99 Å². The molecule has 1 aromatic rings. The Hall–Kier alpha value is -0.970. The molecule has 0 atom stereocenters. The van der Waals surface area contributed by atoms with Gasteiger partial charge in [0, 0.05) is 6.54 Å². The van der Waals surface area contributed by atoms with Gasteiger partial charge in [0.2, 0.25) is 5.96 Å². The summed E-state index contributed by atoms with van der Waals surface area (Å²) in [6, 6.07) is 5.35. The van der Waals surface area contributed by atoms with Crippen LogP contribution >= 0.6 is 35.6 Å². The lowest BCUT2D eigenvalue weighted by atomic mass is 10.3. The molecule has 1 heterocycles. The molecule has 1 aliphatic heterocycles. The second-order valence-corrected chi connectivity index (χ2v) is 4.26. The zero-order valence-corrected chi connectivity index (χ0v) is 12.0. The van der Waals surface area contributed by atoms with E-state index in [0.717, 1.165) is 12.4 Å². The molecule has 0 bridgehead atoms. The third-order valence-electron chi connectivity index (χ3n) is 2.19. The van der Waals surface area contributed by atoms with Crippen LogP contribution in [0, 0.1) is 0 Å². The second kappa shape index (κ2) is 6.83. The number of guanidine groups is 1. The average molecular weight is 308 g/mol. The maximum atomic E-state index is 6.05. The van der Waals surface area contributed by atoms with E-state index in [4.69, 9.17) is 23.2 Å². The number of amidine groups is 1. The molecule has 4 nitrogen and oxygen atoms in total. The first-order valence-electron chi connectivity index (χ1n) is 5.27. The van der Waals surface area contributed by atoms with E-state index in [2.05, 4.69) is 20.6 Å². The van der Waals surface area contributed by atoms with Crippen molar-refractivity contribution in [3.8, 4) is 0 Å². The Balaban J connectivity index is 0.00000162. The maximum absolute atomic E-state index is 6.05. The highest BCUT2D eigenvalue weighted by Gasteiger charge is 2.12. The van der Waals surface area contributed by atoms with Gasteiger partial charge < -0.3 is 10.6 Å². The van der Waals surface area contributed by atoms with Crippen molar-refractivity contribution in [2.24, 2.45) is 9.98 Å². The Morgan fingerprint density at radius 3 is 2.56 bits per heavy atom. The lowest BCUT2D eigenvalue weighted by molar-refractivity contribution is 0.954. The summed E-state index contributed by atoms with van der Waals surface area (Å²) in [6.07, 6.45) is 0. The van der Waals surface area contributed by atoms with Gasteiger partial charge in [-0.1, -0.05) is 29.3 Å². The number of hydrogen-bond donors (Lipinski definition) is 2. The second-order valence-electron chi connectivity index (χ2n) is 3.45. The Bertz CT molecular complexity index is 465. The normalized spacial score (nSPS) is 13.5. The molecule has 0 radical (unpaired) electrons. The highest BCUT2D eigenvalue weighted by molar-refractivity contribution is 6.40. The fraction of sp³-hybridized carbons (Fsp3) is 0.273. The molecule has 0 amide bonds. The highest BCUT2D eigenvalue weighted by atomic mass is 35.5. The Labute approximate surface area is 122 Å². The molecule has 1 aromatic carbocycles. The molecule has 0 spiro atoms. The van der Waals surface area contributed by atoms with Crippen molar-refractivity contribution in [3.63, 3.8) is 0 Å². The summed E-state index contributed by atoms with van der Waals surface area (Å²) < 4.78 is 0. The minimum Gasteiger partial charge on any atom is -0.355 e. The van der Waals surface area contributed by atoms with Crippen LogP contribution in [0.3, 0.4) is 0 Å². The number of hydrogen-bond acceptors (Lipinski definition) is 4. The summed E-state index contributed by atoms with van der Waals surface area (Å²) in [6.45, 7) is 3.29. The van der Waals surface area contributed by atoms with E-state index in [1.165, 1.54) is 0 Å². The molecule has 0 aliphatic carbocycles. The van der Waals surface area contributed by atoms with Gasteiger partial charge >= 0.3 is 0 Å². The van der Waals surface area contributed by atoms with Crippen LogP contribution in [0.4, 0.5) is 5.69 Å². The fourth-order valence-corrected chi connectivity index (χ4v) is 1.92. The third-order valence-corrected chi connectivity index (χ3v) is 2.82. The zero-order chi connectivity index (χ0) is 12.3. The SMILES string of the molecule is CCNC1=NCC(Nc2c(Cl)cccc2Cl)=N1.Cl. The van der Waals surface area contributed by atoms with Crippen LogP contribution in [0.15, 0.2) is 28.2 Å². The number of aliphatic imine (C=N–C) groups is 2. The highest BCUT2D eigenvalue weighted by Crippen LogP contribution is 2.29. The van der Waals surface area contributed by atoms with Gasteiger partial charge in [0.05, 0.1) is 15.7 Å². The smallest absolute Gasteiger partial charge is 0.220 e. The van der Waals surface area contributed by atoms with Crippen molar-refractivity contribution in [3.05, 3.63) is 28.2 Å². The van der Waals surface area contributed by atoms with Gasteiger partial charge in [0.15, 0.2) is 0 Å². The van der Waals surface area contributed by atoms with Crippen molar-refractivity contribution >= 4 is 53.1 Å². The molecular weight excluding hydrogens is 295 g/mol. The van der Waals surface area contributed by atoms with Crippen molar-refractivity contribution in [1.29, 1.82) is 0 Å². The molecule has 0 fully saturated rings. The molecular formula is C11H13Cl3N4. The number of nitrogens with zero attached hydrogens (tertiary/aromatic N) is 2. The number of benzene rings is 1. The maximum Gasteiger partial charge on any atom is 0.220 e. The van der Waals surface area contributed by atoms with Crippen LogP contribution in [0.25, 0.3) is 0 Å². The fourth-order valence-electron chi connectivity index (χ4n) is 1.43. The Morgan fingerprint density at radius 2 is 1.94 bits per heavy atom. The van der Waals surface area contributed by atoms with Gasteiger partial charge in [-0.3, -0.25) is 0 Å². The summed E-state index contributed by atoms with van der Waals surface area (Å²) in [4.78, 5) is 8.50. The molecule has 0 saturated heterocycles. The van der Waals surface area contributed by atoms with Crippen molar-refractivity contribution in [2.45, 2.75) is 6.92 Å². The van der Waals surface area contributed by atoms with Crippen LogP contribution < -0.4 is 10.6 Å². The molecule has 0 unspecified atom stereocenters. The molecule has 2 N–H and O–H groups in total. The van der Waals surface area contributed by atoms with Crippen molar-refractivity contribution in [2.75, 3.05) is 18.4 Å². The molecule has 18 heavy (non-hydrogen) atoms. The molecule has 2 rings (SSSR count). The predicted molar refractivity (Wildman–Crippen MR) is 80.7 cm³/mol. The van der Waals surface area contributed by atoms with E-state index in [0.29, 0.717) is 28.2 Å². The monoisotopic (exact) mass is 306 g/mol. The zero-order valence-electron chi connectivity index (χ0n) is 9.70. The number of anilines is 1. The first kappa shape index (κ1) is 15.1. The van der Waals surface area contributed by atoms with Gasteiger partial charge in [0.1, 0.15) is 12.4 Å². The van der Waals surface area contributed by atoms with E-state index in [9.17, 15) is 0 Å². The number of nitrogens with one attached hydrogen (secondary N) is 2. The summed E-state index contributed by atoms with van der Waals surface area (Å²) in [5, 5.41) is 7.28. The standard InChI is InChI=1S/C11H12Cl2N4.ClH/c1-2-14-11-15-6-9(17-11)16-10-7(12)4-3-5-8(10)13;/h3-5H,2,6H2,1H3,(H2,14,15,16,17);1H. The molecule has 0 aromatic heterocycles. The molecule has 1 aliphatic rings. The summed E-state index contributed by atoms with van der Waals surface area (Å²) in [5.74, 6) is 1.37. The minimum absolute atomic E-state index is 0. The minimum atomic E-state index is 0. The summed E-state index contributed by atoms with van der Waals surface area (Å²) in [7, 11) is 0. The van der Waals surface area contributed by atoms with Crippen LogP contribution in [0.1, 0.15) is 6.92 Å². The van der Waals surface area contributed by atoms with Crippen molar-refractivity contribution in [1.82, 2.24) is 5.32 Å². The topological polar surface area (TPSA) is 48.8 Å². The summed E-state index contributed by atoms with van der Waals surface area (Å²) in [5.41, 5.74) is 0.669. The lowest BCUT2D eigenvalue weighted by Gasteiger charge is -2.08. The largest absolute Gasteiger partial charge is 0.355 e. The van der Waals surface area contributed by atoms with Gasteiger partial charge in [-0.2, -0.15) is 4.99 Å². The molecule has 98 valence electrons. The van der Waals surface area contributed by atoms with Gasteiger partial charge in [-0.05, 0) is 19.1 Å². The number of para-hydroxylation sites is 1. The van der Waals surface area contributed by atoms with Gasteiger partial charge in [-0.15, -0.1) is 12.4 Å². The van der Waals surface area contributed by atoms with E-state index in [1.807, 2.05) is 6.92 Å². The number of rotatable bonds is 2. The Kier molecular flexibility index (Phi) is 5.72. The van der Waals surface area contributed by atoms with Crippen molar-refractivity contribution < 1.29 is 0 Å². The van der Waals surface area contributed by atoms with E-state index >= 15 is 0 Å². The first-order valence-corrected chi connectivity index (χ1v) is 6.03. The number of halogens is 3. The van der Waals surface area contributed by atoms with E-state index in [1.54, 1.807) is 18.2 Å². The quantitative estimate of drug-likeness (QED) is 0.881. The van der Waals surface area contributed by atoms with Crippen LogP contribution in [-0.2, 0) is 0 Å². The molecule has 7 heteroatoms.